The van der Waals surface area contributed by atoms with E-state index in [1.165, 1.54) is 16.7 Å². The summed E-state index contributed by atoms with van der Waals surface area (Å²) < 4.78 is 1.98. The number of likely N-dealkylation sites (tertiary alicyclic amines) is 1. The third-order valence-corrected chi connectivity index (χ3v) is 5.25. The van der Waals surface area contributed by atoms with Crippen molar-refractivity contribution < 1.29 is 4.79 Å². The van der Waals surface area contributed by atoms with E-state index < -0.39 is 0 Å². The normalized spacial score (nSPS) is 23.3. The van der Waals surface area contributed by atoms with Crippen LogP contribution in [0.15, 0.2) is 36.7 Å². The third kappa shape index (κ3) is 2.67. The minimum Gasteiger partial charge on any atom is -0.337 e. The van der Waals surface area contributed by atoms with Crippen molar-refractivity contribution in [1.82, 2.24) is 14.7 Å². The fraction of sp³-hybridized carbons (Fsp3) is 0.474. The van der Waals surface area contributed by atoms with Crippen molar-refractivity contribution in [3.63, 3.8) is 0 Å². The maximum absolute atomic E-state index is 13.1. The van der Waals surface area contributed by atoms with Gasteiger partial charge in [-0.05, 0) is 49.3 Å². The lowest BCUT2D eigenvalue weighted by Crippen LogP contribution is -2.40. The third-order valence-electron chi connectivity index (χ3n) is 5.25. The Bertz CT molecular complexity index is 721. The molecule has 1 aromatic carbocycles. The zero-order valence-corrected chi connectivity index (χ0v) is 13.6. The molecule has 4 rings (SSSR count). The highest BCUT2D eigenvalue weighted by molar-refractivity contribution is 5.85. The molecule has 2 aliphatic rings. The summed E-state index contributed by atoms with van der Waals surface area (Å²) in [6.07, 6.45) is 8.12. The van der Waals surface area contributed by atoms with Crippen LogP contribution in [0.2, 0.25) is 0 Å². The second-order valence-electron chi connectivity index (χ2n) is 6.86. The maximum atomic E-state index is 13.1. The van der Waals surface area contributed by atoms with Gasteiger partial charge in [0.2, 0.25) is 5.91 Å². The molecule has 2 atom stereocenters. The molecule has 23 heavy (non-hydrogen) atoms. The smallest absolute Gasteiger partial charge is 0.230 e. The Morgan fingerprint density at radius 3 is 3.00 bits per heavy atom. The van der Waals surface area contributed by atoms with Gasteiger partial charge in [-0.2, -0.15) is 5.10 Å². The van der Waals surface area contributed by atoms with Gasteiger partial charge in [-0.3, -0.25) is 9.48 Å². The van der Waals surface area contributed by atoms with Crippen LogP contribution in [-0.4, -0.2) is 33.2 Å². The Labute approximate surface area is 137 Å². The quantitative estimate of drug-likeness (QED) is 0.874. The molecule has 1 saturated heterocycles. The van der Waals surface area contributed by atoms with E-state index in [9.17, 15) is 4.79 Å². The second-order valence-corrected chi connectivity index (χ2v) is 6.86. The molecule has 1 aromatic heterocycles. The zero-order chi connectivity index (χ0) is 15.8. The topological polar surface area (TPSA) is 38.1 Å². The van der Waals surface area contributed by atoms with Crippen LogP contribution in [0.3, 0.4) is 0 Å². The Balaban J connectivity index is 1.51. The summed E-state index contributed by atoms with van der Waals surface area (Å²) in [4.78, 5) is 15.2. The summed E-state index contributed by atoms with van der Waals surface area (Å²) in [6, 6.07) is 8.71. The highest BCUT2D eigenvalue weighted by atomic mass is 16.2. The summed E-state index contributed by atoms with van der Waals surface area (Å²) in [5.74, 6) is 0.382. The van der Waals surface area contributed by atoms with Gasteiger partial charge in [0, 0.05) is 12.7 Å². The van der Waals surface area contributed by atoms with Crippen molar-refractivity contribution in [2.24, 2.45) is 0 Å². The molecule has 1 aliphatic heterocycles. The van der Waals surface area contributed by atoms with E-state index in [4.69, 9.17) is 0 Å². The van der Waals surface area contributed by atoms with E-state index in [1.807, 2.05) is 10.9 Å². The molecule has 2 aromatic rings. The Morgan fingerprint density at radius 1 is 1.30 bits per heavy atom. The monoisotopic (exact) mass is 309 g/mol. The summed E-state index contributed by atoms with van der Waals surface area (Å²) in [5.41, 5.74) is 3.77. The van der Waals surface area contributed by atoms with E-state index in [0.717, 1.165) is 38.8 Å². The number of rotatable bonds is 3. The van der Waals surface area contributed by atoms with E-state index in [1.54, 1.807) is 0 Å². The number of carbonyl (C=O) groups is 1. The first-order valence-corrected chi connectivity index (χ1v) is 8.60. The standard InChI is InChI=1S/C19H23N3O/c1-14-11-20-21(12-14)13-16-6-4-10-22(16)19(23)18-9-8-15-5-2-3-7-17(15)18/h2-3,5,7,11-12,16,18H,4,6,8-10,13H2,1H3/t16-,18-/m1/s1. The highest BCUT2D eigenvalue weighted by Gasteiger charge is 2.36. The average molecular weight is 309 g/mol. The van der Waals surface area contributed by atoms with Crippen LogP contribution in [0.4, 0.5) is 0 Å². The van der Waals surface area contributed by atoms with E-state index >= 15 is 0 Å². The SMILES string of the molecule is Cc1cnn(C[C@H]2CCCN2C(=O)[C@@H]2CCc3ccccc32)c1. The van der Waals surface area contributed by atoms with Gasteiger partial charge in [-0.15, -0.1) is 0 Å². The van der Waals surface area contributed by atoms with Gasteiger partial charge in [-0.1, -0.05) is 24.3 Å². The number of carbonyl (C=O) groups excluding carboxylic acids is 1. The lowest BCUT2D eigenvalue weighted by atomic mass is 9.99. The molecule has 4 nitrogen and oxygen atoms in total. The fourth-order valence-electron chi connectivity index (χ4n) is 4.11. The first kappa shape index (κ1) is 14.5. The summed E-state index contributed by atoms with van der Waals surface area (Å²) >= 11 is 0. The van der Waals surface area contributed by atoms with Crippen molar-refractivity contribution in [2.45, 2.75) is 51.1 Å². The van der Waals surface area contributed by atoms with Crippen LogP contribution in [0.1, 0.15) is 41.9 Å². The number of nitrogens with zero attached hydrogens (tertiary/aromatic N) is 3. The van der Waals surface area contributed by atoms with Crippen molar-refractivity contribution >= 4 is 5.91 Å². The number of fused-ring (bicyclic) bond motifs is 1. The van der Waals surface area contributed by atoms with Crippen molar-refractivity contribution in [1.29, 1.82) is 0 Å². The molecule has 1 aliphatic carbocycles. The van der Waals surface area contributed by atoms with Crippen LogP contribution >= 0.6 is 0 Å². The number of aromatic nitrogens is 2. The van der Waals surface area contributed by atoms with Gasteiger partial charge >= 0.3 is 0 Å². The van der Waals surface area contributed by atoms with Crippen molar-refractivity contribution in [3.8, 4) is 0 Å². The number of hydrogen-bond donors (Lipinski definition) is 0. The molecule has 120 valence electrons. The molecule has 0 unspecified atom stereocenters. The Hall–Kier alpha value is -2.10. The predicted molar refractivity (Wildman–Crippen MR) is 89.2 cm³/mol. The molecule has 1 amide bonds. The number of aryl methyl sites for hydroxylation is 2. The summed E-state index contributed by atoms with van der Waals surface area (Å²) in [7, 11) is 0. The molecule has 0 spiro atoms. The van der Waals surface area contributed by atoms with Crippen LogP contribution < -0.4 is 0 Å². The van der Waals surface area contributed by atoms with Crippen LogP contribution in [0, 0.1) is 6.92 Å². The van der Waals surface area contributed by atoms with E-state index in [0.29, 0.717) is 5.91 Å². The molecule has 0 N–H and O–H groups in total. The minimum absolute atomic E-state index is 0.0613. The first-order chi connectivity index (χ1) is 11.2. The number of benzene rings is 1. The van der Waals surface area contributed by atoms with Crippen LogP contribution in [0.25, 0.3) is 0 Å². The van der Waals surface area contributed by atoms with Gasteiger partial charge in [0.05, 0.1) is 24.7 Å². The lowest BCUT2D eigenvalue weighted by molar-refractivity contribution is -0.133. The van der Waals surface area contributed by atoms with Crippen molar-refractivity contribution in [3.05, 3.63) is 53.3 Å². The number of amides is 1. The molecule has 2 heterocycles. The largest absolute Gasteiger partial charge is 0.337 e. The summed E-state index contributed by atoms with van der Waals surface area (Å²) in [6.45, 7) is 3.76. The summed E-state index contributed by atoms with van der Waals surface area (Å²) in [5, 5.41) is 4.39. The highest BCUT2D eigenvalue weighted by Crippen LogP contribution is 2.36. The Morgan fingerprint density at radius 2 is 2.17 bits per heavy atom. The number of hydrogen-bond acceptors (Lipinski definition) is 2. The molecule has 0 saturated carbocycles. The first-order valence-electron chi connectivity index (χ1n) is 8.60. The second kappa shape index (κ2) is 5.84. The molecule has 0 radical (unpaired) electrons. The van der Waals surface area contributed by atoms with Gasteiger partial charge in [0.1, 0.15) is 0 Å². The molecule has 1 fully saturated rings. The predicted octanol–water partition coefficient (Wildman–Crippen LogP) is 2.91. The average Bonchev–Trinajstić information content (AvgIpc) is 3.27. The molecular formula is C19H23N3O. The van der Waals surface area contributed by atoms with Crippen molar-refractivity contribution in [2.75, 3.05) is 6.54 Å². The van der Waals surface area contributed by atoms with Crippen LogP contribution in [0.5, 0.6) is 0 Å². The minimum atomic E-state index is 0.0613. The van der Waals surface area contributed by atoms with Gasteiger partial charge in [0.15, 0.2) is 0 Å². The fourth-order valence-corrected chi connectivity index (χ4v) is 4.11. The molecule has 0 bridgehead atoms. The zero-order valence-electron chi connectivity index (χ0n) is 13.6. The Kier molecular flexibility index (Phi) is 3.68. The van der Waals surface area contributed by atoms with Crippen LogP contribution in [-0.2, 0) is 17.8 Å². The molecular weight excluding hydrogens is 286 g/mol. The van der Waals surface area contributed by atoms with E-state index in [2.05, 4.69) is 47.4 Å². The van der Waals surface area contributed by atoms with E-state index in [-0.39, 0.29) is 12.0 Å². The molecule has 4 heteroatoms. The van der Waals surface area contributed by atoms with Gasteiger partial charge < -0.3 is 4.90 Å². The van der Waals surface area contributed by atoms with Gasteiger partial charge in [0.25, 0.3) is 0 Å². The maximum Gasteiger partial charge on any atom is 0.230 e. The van der Waals surface area contributed by atoms with Gasteiger partial charge in [-0.25, -0.2) is 0 Å². The lowest BCUT2D eigenvalue weighted by Gasteiger charge is -2.27.